The fourth-order valence-corrected chi connectivity index (χ4v) is 2.23. The lowest BCUT2D eigenvalue weighted by Gasteiger charge is -2.28. The molecule has 0 fully saturated rings. The van der Waals surface area contributed by atoms with Crippen LogP contribution in [0.2, 0.25) is 0 Å². The number of rotatable bonds is 8. The number of hydrogen-bond acceptors (Lipinski definition) is 2. The Morgan fingerprint density at radius 2 is 1.89 bits per heavy atom. The number of benzene rings is 1. The third kappa shape index (κ3) is 5.19. The molecule has 0 aliphatic carbocycles. The molecule has 0 saturated heterocycles. The Kier molecular flexibility index (Phi) is 6.37. The Morgan fingerprint density at radius 3 is 2.44 bits per heavy atom. The Balaban J connectivity index is 2.49. The van der Waals surface area contributed by atoms with Gasteiger partial charge in [-0.2, -0.15) is 0 Å². The van der Waals surface area contributed by atoms with Crippen LogP contribution in [0.25, 0.3) is 0 Å². The lowest BCUT2D eigenvalue weighted by molar-refractivity contribution is 0.231. The van der Waals surface area contributed by atoms with Gasteiger partial charge in [-0.1, -0.05) is 51.1 Å². The Morgan fingerprint density at radius 1 is 1.22 bits per heavy atom. The predicted octanol–water partition coefficient (Wildman–Crippen LogP) is 3.53. The molecule has 0 saturated carbocycles. The van der Waals surface area contributed by atoms with Crippen LogP contribution in [-0.2, 0) is 0 Å². The van der Waals surface area contributed by atoms with E-state index in [1.165, 1.54) is 5.56 Å². The van der Waals surface area contributed by atoms with E-state index < -0.39 is 0 Å². The molecule has 1 atom stereocenters. The van der Waals surface area contributed by atoms with Gasteiger partial charge in [0.1, 0.15) is 0 Å². The maximum atomic E-state index is 8.91. The first-order valence-corrected chi connectivity index (χ1v) is 6.98. The summed E-state index contributed by atoms with van der Waals surface area (Å²) < 4.78 is 0. The van der Waals surface area contributed by atoms with Crippen molar-refractivity contribution in [2.45, 2.75) is 46.1 Å². The SMILES string of the molecule is CCC(NCC(C)(C)CCCO)c1ccccc1. The minimum atomic E-state index is 0.241. The van der Waals surface area contributed by atoms with E-state index in [0.717, 1.165) is 25.8 Å². The summed E-state index contributed by atoms with van der Waals surface area (Å²) in [6, 6.07) is 11.0. The topological polar surface area (TPSA) is 32.3 Å². The van der Waals surface area contributed by atoms with Gasteiger partial charge in [-0.05, 0) is 30.2 Å². The molecule has 102 valence electrons. The highest BCUT2D eigenvalue weighted by atomic mass is 16.2. The van der Waals surface area contributed by atoms with Crippen molar-refractivity contribution in [1.82, 2.24) is 5.32 Å². The van der Waals surface area contributed by atoms with Crippen molar-refractivity contribution in [1.29, 1.82) is 0 Å². The molecule has 0 heterocycles. The zero-order valence-corrected chi connectivity index (χ0v) is 11.9. The van der Waals surface area contributed by atoms with Crippen molar-refractivity contribution in [2.75, 3.05) is 13.2 Å². The maximum Gasteiger partial charge on any atom is 0.0431 e. The molecule has 18 heavy (non-hydrogen) atoms. The van der Waals surface area contributed by atoms with Gasteiger partial charge in [-0.25, -0.2) is 0 Å². The van der Waals surface area contributed by atoms with Crippen molar-refractivity contribution >= 4 is 0 Å². The fourth-order valence-electron chi connectivity index (χ4n) is 2.23. The van der Waals surface area contributed by atoms with Crippen molar-refractivity contribution in [3.63, 3.8) is 0 Å². The first kappa shape index (κ1) is 15.2. The molecule has 1 rings (SSSR count). The Bertz CT molecular complexity index is 321. The summed E-state index contributed by atoms with van der Waals surface area (Å²) in [6.45, 7) is 8.01. The summed E-state index contributed by atoms with van der Waals surface area (Å²) in [5.74, 6) is 0. The maximum absolute atomic E-state index is 8.91. The van der Waals surface area contributed by atoms with E-state index in [-0.39, 0.29) is 5.41 Å². The zero-order valence-electron chi connectivity index (χ0n) is 11.9. The van der Waals surface area contributed by atoms with Gasteiger partial charge in [-0.15, -0.1) is 0 Å². The number of aliphatic hydroxyl groups is 1. The molecule has 2 N–H and O–H groups in total. The third-order valence-corrected chi connectivity index (χ3v) is 3.45. The van der Waals surface area contributed by atoms with Crippen molar-refractivity contribution in [3.8, 4) is 0 Å². The minimum absolute atomic E-state index is 0.241. The molecule has 0 aromatic heterocycles. The van der Waals surface area contributed by atoms with Gasteiger partial charge in [0.2, 0.25) is 0 Å². The number of hydrogen-bond donors (Lipinski definition) is 2. The van der Waals surface area contributed by atoms with E-state index in [1.807, 2.05) is 0 Å². The van der Waals surface area contributed by atoms with Crippen LogP contribution in [-0.4, -0.2) is 18.3 Å². The Labute approximate surface area is 111 Å². The second kappa shape index (κ2) is 7.55. The first-order chi connectivity index (χ1) is 8.59. The summed E-state index contributed by atoms with van der Waals surface area (Å²) in [4.78, 5) is 0. The van der Waals surface area contributed by atoms with Crippen LogP contribution >= 0.6 is 0 Å². The first-order valence-electron chi connectivity index (χ1n) is 6.98. The van der Waals surface area contributed by atoms with Gasteiger partial charge in [0.15, 0.2) is 0 Å². The molecule has 2 nitrogen and oxygen atoms in total. The average molecular weight is 249 g/mol. The van der Waals surface area contributed by atoms with E-state index in [9.17, 15) is 0 Å². The van der Waals surface area contributed by atoms with Gasteiger partial charge in [-0.3, -0.25) is 0 Å². The molecule has 0 radical (unpaired) electrons. The molecule has 0 aliphatic rings. The summed E-state index contributed by atoms with van der Waals surface area (Å²) in [5, 5.41) is 12.6. The summed E-state index contributed by atoms with van der Waals surface area (Å²) in [5.41, 5.74) is 1.60. The molecular formula is C16H27NO. The largest absolute Gasteiger partial charge is 0.396 e. The highest BCUT2D eigenvalue weighted by Crippen LogP contribution is 2.23. The standard InChI is InChI=1S/C16H27NO/c1-4-15(14-9-6-5-7-10-14)17-13-16(2,3)11-8-12-18/h5-7,9-10,15,17-18H,4,8,11-13H2,1-3H3. The van der Waals surface area contributed by atoms with Gasteiger partial charge in [0.25, 0.3) is 0 Å². The van der Waals surface area contributed by atoms with E-state index in [2.05, 4.69) is 56.4 Å². The van der Waals surface area contributed by atoms with Gasteiger partial charge in [0.05, 0.1) is 0 Å². The summed E-state index contributed by atoms with van der Waals surface area (Å²) in [6.07, 6.45) is 3.04. The molecular weight excluding hydrogens is 222 g/mol. The van der Waals surface area contributed by atoms with Crippen molar-refractivity contribution in [2.24, 2.45) is 5.41 Å². The van der Waals surface area contributed by atoms with Crippen LogP contribution in [0.15, 0.2) is 30.3 Å². The smallest absolute Gasteiger partial charge is 0.0431 e. The van der Waals surface area contributed by atoms with Crippen LogP contribution < -0.4 is 5.32 Å². The quantitative estimate of drug-likeness (QED) is 0.739. The molecule has 1 unspecified atom stereocenters. The van der Waals surface area contributed by atoms with Gasteiger partial charge < -0.3 is 10.4 Å². The second-order valence-electron chi connectivity index (χ2n) is 5.74. The normalized spacial score (nSPS) is 13.6. The van der Waals surface area contributed by atoms with Gasteiger partial charge >= 0.3 is 0 Å². The average Bonchev–Trinajstić information content (AvgIpc) is 2.38. The van der Waals surface area contributed by atoms with E-state index in [0.29, 0.717) is 12.6 Å². The molecule has 0 spiro atoms. The third-order valence-electron chi connectivity index (χ3n) is 3.45. The van der Waals surface area contributed by atoms with Crippen molar-refractivity contribution < 1.29 is 5.11 Å². The zero-order chi connectivity index (χ0) is 13.4. The lowest BCUT2D eigenvalue weighted by atomic mass is 9.87. The van der Waals surface area contributed by atoms with Crippen LogP contribution in [0.1, 0.15) is 51.6 Å². The fraction of sp³-hybridized carbons (Fsp3) is 0.625. The van der Waals surface area contributed by atoms with E-state index >= 15 is 0 Å². The molecule has 1 aromatic rings. The summed E-state index contributed by atoms with van der Waals surface area (Å²) in [7, 11) is 0. The molecule has 1 aromatic carbocycles. The van der Waals surface area contributed by atoms with Crippen LogP contribution in [0.5, 0.6) is 0 Å². The monoisotopic (exact) mass is 249 g/mol. The van der Waals surface area contributed by atoms with Crippen molar-refractivity contribution in [3.05, 3.63) is 35.9 Å². The van der Waals surface area contributed by atoms with Crippen LogP contribution in [0, 0.1) is 5.41 Å². The highest BCUT2D eigenvalue weighted by Gasteiger charge is 2.19. The number of nitrogens with one attached hydrogen (secondary N) is 1. The molecule has 0 amide bonds. The van der Waals surface area contributed by atoms with E-state index in [4.69, 9.17) is 5.11 Å². The Hall–Kier alpha value is -0.860. The van der Waals surface area contributed by atoms with E-state index in [1.54, 1.807) is 0 Å². The van der Waals surface area contributed by atoms with Crippen LogP contribution in [0.3, 0.4) is 0 Å². The minimum Gasteiger partial charge on any atom is -0.396 e. The number of aliphatic hydroxyl groups excluding tert-OH is 1. The second-order valence-corrected chi connectivity index (χ2v) is 5.74. The molecule has 0 aliphatic heterocycles. The summed E-state index contributed by atoms with van der Waals surface area (Å²) >= 11 is 0. The predicted molar refractivity (Wildman–Crippen MR) is 77.6 cm³/mol. The van der Waals surface area contributed by atoms with Gasteiger partial charge in [0, 0.05) is 19.2 Å². The van der Waals surface area contributed by atoms with Crippen LogP contribution in [0.4, 0.5) is 0 Å². The highest BCUT2D eigenvalue weighted by molar-refractivity contribution is 5.18. The lowest BCUT2D eigenvalue weighted by Crippen LogP contribution is -2.32. The molecule has 2 heteroatoms. The molecule has 0 bridgehead atoms.